The van der Waals surface area contributed by atoms with Gasteiger partial charge < -0.3 is 10.2 Å². The molecule has 0 unspecified atom stereocenters. The van der Waals surface area contributed by atoms with Crippen LogP contribution in [0, 0.1) is 29.9 Å². The molecule has 0 aliphatic heterocycles. The molecular formula is C17H22F2O2. The van der Waals surface area contributed by atoms with Gasteiger partial charge in [-0.25, -0.2) is 8.78 Å². The topological polar surface area (TPSA) is 40.5 Å². The van der Waals surface area contributed by atoms with Gasteiger partial charge in [0.15, 0.2) is 17.4 Å². The van der Waals surface area contributed by atoms with Crippen LogP contribution >= 0.6 is 0 Å². The number of hydrogen-bond acceptors (Lipinski definition) is 2. The molecule has 2 nitrogen and oxygen atoms in total. The van der Waals surface area contributed by atoms with Gasteiger partial charge in [-0.2, -0.15) is 0 Å². The maximum atomic E-state index is 13.9. The molecule has 1 aromatic carbocycles. The fraction of sp³-hybridized carbons (Fsp3) is 0.647. The molecule has 2 aliphatic carbocycles. The summed E-state index contributed by atoms with van der Waals surface area (Å²) >= 11 is 0. The monoisotopic (exact) mass is 296 g/mol. The van der Waals surface area contributed by atoms with E-state index in [1.807, 2.05) is 0 Å². The molecule has 0 bridgehead atoms. The number of aliphatic hydroxyl groups excluding tert-OH is 1. The number of aliphatic hydroxyl groups is 1. The average Bonchev–Trinajstić information content (AvgIpc) is 2.76. The molecule has 116 valence electrons. The van der Waals surface area contributed by atoms with Crippen LogP contribution in [-0.2, 0) is 0 Å². The van der Waals surface area contributed by atoms with Crippen molar-refractivity contribution >= 4 is 0 Å². The third kappa shape index (κ3) is 2.15. The first-order valence-corrected chi connectivity index (χ1v) is 7.70. The number of phenolic OH excluding ortho intramolecular Hbond substituents is 1. The Morgan fingerprint density at radius 2 is 1.95 bits per heavy atom. The van der Waals surface area contributed by atoms with E-state index in [-0.39, 0.29) is 17.4 Å². The van der Waals surface area contributed by atoms with Crippen molar-refractivity contribution in [2.75, 3.05) is 0 Å². The second kappa shape index (κ2) is 4.94. The Morgan fingerprint density at radius 1 is 1.24 bits per heavy atom. The van der Waals surface area contributed by atoms with Crippen molar-refractivity contribution in [1.29, 1.82) is 0 Å². The van der Waals surface area contributed by atoms with Crippen LogP contribution in [-0.4, -0.2) is 16.3 Å². The van der Waals surface area contributed by atoms with Crippen molar-refractivity contribution in [2.45, 2.75) is 58.0 Å². The first kappa shape index (κ1) is 14.8. The van der Waals surface area contributed by atoms with Crippen LogP contribution in [0.4, 0.5) is 8.78 Å². The molecular weight excluding hydrogens is 274 g/mol. The Balaban J connectivity index is 1.91. The Bertz CT molecular complexity index is 572. The number of fused-ring (bicyclic) bond motifs is 1. The molecule has 0 spiro atoms. The second-order valence-corrected chi connectivity index (χ2v) is 7.00. The minimum atomic E-state index is -0.882. The van der Waals surface area contributed by atoms with Gasteiger partial charge in [-0.05, 0) is 73.5 Å². The Kier molecular flexibility index (Phi) is 3.47. The summed E-state index contributed by atoms with van der Waals surface area (Å²) in [5, 5.41) is 19.5. The molecule has 2 N–H and O–H groups in total. The van der Waals surface area contributed by atoms with E-state index in [4.69, 9.17) is 0 Å². The number of benzene rings is 1. The summed E-state index contributed by atoms with van der Waals surface area (Å²) in [5.74, 6) is -2.09. The first-order chi connectivity index (χ1) is 9.84. The third-order valence-electron chi connectivity index (χ3n) is 6.00. The molecule has 3 rings (SSSR count). The van der Waals surface area contributed by atoms with Gasteiger partial charge in [-0.3, -0.25) is 0 Å². The molecule has 2 saturated carbocycles. The lowest BCUT2D eigenvalue weighted by Crippen LogP contribution is -2.37. The largest absolute Gasteiger partial charge is 0.503 e. The van der Waals surface area contributed by atoms with E-state index in [9.17, 15) is 19.0 Å². The maximum Gasteiger partial charge on any atom is 0.188 e. The zero-order chi connectivity index (χ0) is 15.4. The molecule has 0 radical (unpaired) electrons. The number of phenols is 1. The lowest BCUT2D eigenvalue weighted by molar-refractivity contribution is 0.00861. The van der Waals surface area contributed by atoms with E-state index in [0.717, 1.165) is 32.1 Å². The van der Waals surface area contributed by atoms with Crippen LogP contribution in [0.1, 0.15) is 56.1 Å². The van der Waals surface area contributed by atoms with Crippen molar-refractivity contribution in [3.8, 4) is 5.75 Å². The molecule has 1 aromatic rings. The number of halogens is 2. The van der Waals surface area contributed by atoms with Gasteiger partial charge in [0.2, 0.25) is 0 Å². The predicted octanol–water partition coefficient (Wildman–Crippen LogP) is 4.02. The second-order valence-electron chi connectivity index (χ2n) is 7.00. The van der Waals surface area contributed by atoms with E-state index < -0.39 is 17.4 Å². The van der Waals surface area contributed by atoms with Gasteiger partial charge >= 0.3 is 0 Å². The van der Waals surface area contributed by atoms with Gasteiger partial charge in [-0.15, -0.1) is 0 Å². The van der Waals surface area contributed by atoms with Crippen molar-refractivity contribution in [1.82, 2.24) is 0 Å². The van der Waals surface area contributed by atoms with E-state index in [0.29, 0.717) is 17.0 Å². The maximum absolute atomic E-state index is 13.9. The van der Waals surface area contributed by atoms with Gasteiger partial charge in [0.1, 0.15) is 0 Å². The van der Waals surface area contributed by atoms with Gasteiger partial charge in [-0.1, -0.05) is 6.92 Å². The van der Waals surface area contributed by atoms with Crippen molar-refractivity contribution in [3.63, 3.8) is 0 Å². The molecule has 0 saturated heterocycles. The summed E-state index contributed by atoms with van der Waals surface area (Å²) in [5.41, 5.74) is 0.977. The highest BCUT2D eigenvalue weighted by Gasteiger charge is 2.49. The number of hydrogen-bond donors (Lipinski definition) is 2. The highest BCUT2D eigenvalue weighted by atomic mass is 19.1. The van der Waals surface area contributed by atoms with Gasteiger partial charge in [0.25, 0.3) is 0 Å². The molecule has 4 heteroatoms. The van der Waals surface area contributed by atoms with E-state index >= 15 is 0 Å². The van der Waals surface area contributed by atoms with Crippen LogP contribution in [0.3, 0.4) is 0 Å². The summed E-state index contributed by atoms with van der Waals surface area (Å²) in [6.07, 6.45) is 4.12. The van der Waals surface area contributed by atoms with E-state index in [2.05, 4.69) is 6.92 Å². The number of aromatic hydroxyl groups is 1. The molecule has 0 heterocycles. The standard InChI is InChI=1S/C17H22F2O2/c1-9-12(8-13(18)16(21)15(9)19)10-5-6-17(2)11(7-10)3-4-14(17)20/h8,10-11,14,20-21H,3-7H2,1-2H3/t10-,11+,14-,17-/m0/s1. The summed E-state index contributed by atoms with van der Waals surface area (Å²) in [6, 6.07) is 1.28. The highest BCUT2D eigenvalue weighted by molar-refractivity contribution is 5.39. The van der Waals surface area contributed by atoms with Crippen LogP contribution in [0.15, 0.2) is 6.07 Å². The molecule has 0 aromatic heterocycles. The normalized spacial score (nSPS) is 35.8. The van der Waals surface area contributed by atoms with Crippen LogP contribution in [0.2, 0.25) is 0 Å². The SMILES string of the molecule is Cc1c([C@H]2CC[C@@]3(C)[C@H](CC[C@@H]3O)C2)cc(F)c(O)c1F. The summed E-state index contributed by atoms with van der Waals surface area (Å²) in [4.78, 5) is 0. The van der Waals surface area contributed by atoms with Crippen molar-refractivity contribution in [2.24, 2.45) is 11.3 Å². The zero-order valence-corrected chi connectivity index (χ0v) is 12.5. The Hall–Kier alpha value is -1.16. The summed E-state index contributed by atoms with van der Waals surface area (Å²) < 4.78 is 27.5. The average molecular weight is 296 g/mol. The molecule has 4 atom stereocenters. The quantitative estimate of drug-likeness (QED) is 0.821. The summed E-state index contributed by atoms with van der Waals surface area (Å²) in [7, 11) is 0. The minimum absolute atomic E-state index is 0.0432. The van der Waals surface area contributed by atoms with Crippen molar-refractivity contribution in [3.05, 3.63) is 28.8 Å². The molecule has 2 fully saturated rings. The summed E-state index contributed by atoms with van der Waals surface area (Å²) in [6.45, 7) is 3.73. The zero-order valence-electron chi connectivity index (χ0n) is 12.5. The highest BCUT2D eigenvalue weighted by Crippen LogP contribution is 2.55. The van der Waals surface area contributed by atoms with Crippen LogP contribution in [0.25, 0.3) is 0 Å². The molecule has 21 heavy (non-hydrogen) atoms. The van der Waals surface area contributed by atoms with Crippen LogP contribution < -0.4 is 0 Å². The van der Waals surface area contributed by atoms with Gasteiger partial charge in [0, 0.05) is 0 Å². The predicted molar refractivity (Wildman–Crippen MR) is 76.2 cm³/mol. The molecule has 2 aliphatic rings. The van der Waals surface area contributed by atoms with Crippen LogP contribution in [0.5, 0.6) is 5.75 Å². The van der Waals surface area contributed by atoms with Gasteiger partial charge in [0.05, 0.1) is 6.10 Å². The first-order valence-electron chi connectivity index (χ1n) is 7.70. The Labute approximate surface area is 123 Å². The smallest absolute Gasteiger partial charge is 0.188 e. The lowest BCUT2D eigenvalue weighted by Gasteiger charge is -2.42. The number of rotatable bonds is 1. The lowest BCUT2D eigenvalue weighted by atomic mass is 9.64. The fourth-order valence-corrected chi connectivity index (χ4v) is 4.42. The minimum Gasteiger partial charge on any atom is -0.503 e. The molecule has 0 amide bonds. The van der Waals surface area contributed by atoms with E-state index in [1.165, 1.54) is 6.07 Å². The third-order valence-corrected chi connectivity index (χ3v) is 6.00. The fourth-order valence-electron chi connectivity index (χ4n) is 4.42. The van der Waals surface area contributed by atoms with Crippen molar-refractivity contribution < 1.29 is 19.0 Å². The Morgan fingerprint density at radius 3 is 2.67 bits per heavy atom. The van der Waals surface area contributed by atoms with E-state index in [1.54, 1.807) is 6.92 Å².